The van der Waals surface area contributed by atoms with Crippen LogP contribution in [0.5, 0.6) is 0 Å². The van der Waals surface area contributed by atoms with Gasteiger partial charge in [-0.15, -0.1) is 24.0 Å². The lowest BCUT2D eigenvalue weighted by Gasteiger charge is -2.32. The fourth-order valence-electron chi connectivity index (χ4n) is 2.43. The molecule has 1 aliphatic heterocycles. The van der Waals surface area contributed by atoms with Crippen LogP contribution in [0.4, 0.5) is 4.79 Å². The van der Waals surface area contributed by atoms with E-state index in [1.165, 1.54) is 0 Å². The molecule has 0 aromatic carbocycles. The van der Waals surface area contributed by atoms with Crippen molar-refractivity contribution in [3.63, 3.8) is 0 Å². The summed E-state index contributed by atoms with van der Waals surface area (Å²) in [6.07, 6.45) is 1.31. The zero-order valence-corrected chi connectivity index (χ0v) is 18.0. The zero-order chi connectivity index (χ0) is 18.2. The number of ether oxygens (including phenoxy) is 1. The van der Waals surface area contributed by atoms with Gasteiger partial charge in [-0.1, -0.05) is 0 Å². The Morgan fingerprint density at radius 3 is 2.40 bits per heavy atom. The Kier molecular flexibility index (Phi) is 10.8. The molecule has 1 saturated heterocycles. The number of hydrogen-bond donors (Lipinski definition) is 3. The van der Waals surface area contributed by atoms with E-state index in [0.29, 0.717) is 38.7 Å². The molecule has 0 aliphatic carbocycles. The van der Waals surface area contributed by atoms with E-state index in [1.807, 2.05) is 20.8 Å². The number of halogens is 1. The number of guanidine groups is 1. The van der Waals surface area contributed by atoms with Gasteiger partial charge in [0, 0.05) is 25.7 Å². The molecule has 0 radical (unpaired) electrons. The second-order valence-electron chi connectivity index (χ2n) is 6.55. The molecule has 1 rings (SSSR count). The summed E-state index contributed by atoms with van der Waals surface area (Å²) in [5.41, 5.74) is 5.33. The summed E-state index contributed by atoms with van der Waals surface area (Å²) in [6.45, 7) is 9.93. The van der Waals surface area contributed by atoms with E-state index in [2.05, 4.69) is 15.6 Å². The standard InChI is InChI=1S/C16H31N5O3.HI/c1-5-18-13(22)16(3,4)11-19-14(17)20-12-7-9-21(10-8-12)15(23)24-6-2;/h12H,5-11H2,1-4H3,(H,18,22)(H3,17,19,20);1H. The summed E-state index contributed by atoms with van der Waals surface area (Å²) in [5, 5.41) is 5.97. The molecule has 1 heterocycles. The van der Waals surface area contributed by atoms with Crippen molar-refractivity contribution >= 4 is 41.9 Å². The van der Waals surface area contributed by atoms with Gasteiger partial charge in [-0.05, 0) is 40.5 Å². The van der Waals surface area contributed by atoms with Crippen molar-refractivity contribution in [1.82, 2.24) is 15.5 Å². The summed E-state index contributed by atoms with van der Waals surface area (Å²) >= 11 is 0. The molecule has 2 amide bonds. The second kappa shape index (κ2) is 11.4. The molecule has 0 unspecified atom stereocenters. The van der Waals surface area contributed by atoms with E-state index >= 15 is 0 Å². The predicted octanol–water partition coefficient (Wildman–Crippen LogP) is 1.29. The molecule has 0 aromatic heterocycles. The molecule has 9 heteroatoms. The molecule has 0 aromatic rings. The number of amides is 2. The highest BCUT2D eigenvalue weighted by atomic mass is 127. The fraction of sp³-hybridized carbons (Fsp3) is 0.812. The Balaban J connectivity index is 0.00000576. The molecular weight excluding hydrogens is 437 g/mol. The number of nitrogens with zero attached hydrogens (tertiary/aromatic N) is 2. The predicted molar refractivity (Wildman–Crippen MR) is 109 cm³/mol. The number of hydrogen-bond acceptors (Lipinski definition) is 4. The zero-order valence-electron chi connectivity index (χ0n) is 15.6. The molecule has 4 N–H and O–H groups in total. The average Bonchev–Trinajstić information content (AvgIpc) is 2.54. The summed E-state index contributed by atoms with van der Waals surface area (Å²) < 4.78 is 5.00. The monoisotopic (exact) mass is 469 g/mol. The largest absolute Gasteiger partial charge is 0.450 e. The van der Waals surface area contributed by atoms with Gasteiger partial charge >= 0.3 is 6.09 Å². The summed E-state index contributed by atoms with van der Waals surface area (Å²) in [7, 11) is 0. The van der Waals surface area contributed by atoms with Gasteiger partial charge in [0.1, 0.15) is 0 Å². The quantitative estimate of drug-likeness (QED) is 0.309. The second-order valence-corrected chi connectivity index (χ2v) is 6.55. The van der Waals surface area contributed by atoms with E-state index in [-0.39, 0.29) is 42.0 Å². The molecule has 1 fully saturated rings. The number of carbonyl (C=O) groups is 2. The van der Waals surface area contributed by atoms with Crippen LogP contribution in [0.1, 0.15) is 40.5 Å². The first-order valence-electron chi connectivity index (χ1n) is 8.56. The lowest BCUT2D eigenvalue weighted by Crippen LogP contribution is -2.49. The van der Waals surface area contributed by atoms with Crippen LogP contribution >= 0.6 is 24.0 Å². The molecule has 0 bridgehead atoms. The van der Waals surface area contributed by atoms with Gasteiger partial charge in [-0.25, -0.2) is 4.79 Å². The van der Waals surface area contributed by atoms with Crippen LogP contribution in [-0.4, -0.2) is 61.7 Å². The maximum atomic E-state index is 11.9. The van der Waals surface area contributed by atoms with Crippen LogP contribution < -0.4 is 16.4 Å². The fourth-order valence-corrected chi connectivity index (χ4v) is 2.43. The van der Waals surface area contributed by atoms with E-state index in [4.69, 9.17) is 10.5 Å². The van der Waals surface area contributed by atoms with Crippen molar-refractivity contribution < 1.29 is 14.3 Å². The maximum absolute atomic E-state index is 11.9. The molecule has 0 atom stereocenters. The number of piperidine rings is 1. The SMILES string of the molecule is CCNC(=O)C(C)(C)CN=C(N)NC1CCN(C(=O)OCC)CC1.I. The number of carbonyl (C=O) groups excluding carboxylic acids is 2. The lowest BCUT2D eigenvalue weighted by atomic mass is 9.92. The summed E-state index contributed by atoms with van der Waals surface area (Å²) in [4.78, 5) is 29.6. The molecule has 8 nitrogen and oxygen atoms in total. The molecular formula is C16H32IN5O3. The highest BCUT2D eigenvalue weighted by molar-refractivity contribution is 14.0. The Morgan fingerprint density at radius 2 is 1.88 bits per heavy atom. The Hall–Kier alpha value is -1.26. The highest BCUT2D eigenvalue weighted by Crippen LogP contribution is 2.15. The topological polar surface area (TPSA) is 109 Å². The van der Waals surface area contributed by atoms with Gasteiger partial charge in [-0.2, -0.15) is 0 Å². The maximum Gasteiger partial charge on any atom is 0.409 e. The number of rotatable bonds is 6. The van der Waals surface area contributed by atoms with Gasteiger partial charge < -0.3 is 26.0 Å². The molecule has 146 valence electrons. The van der Waals surface area contributed by atoms with Gasteiger partial charge in [0.05, 0.1) is 18.6 Å². The van der Waals surface area contributed by atoms with E-state index in [9.17, 15) is 9.59 Å². The Bertz CT molecular complexity index is 463. The van der Waals surface area contributed by atoms with Crippen LogP contribution in [0.25, 0.3) is 0 Å². The van der Waals surface area contributed by atoms with Crippen LogP contribution in [0.15, 0.2) is 4.99 Å². The van der Waals surface area contributed by atoms with E-state index in [0.717, 1.165) is 12.8 Å². The molecule has 25 heavy (non-hydrogen) atoms. The average molecular weight is 469 g/mol. The van der Waals surface area contributed by atoms with Gasteiger partial charge in [0.2, 0.25) is 5.91 Å². The lowest BCUT2D eigenvalue weighted by molar-refractivity contribution is -0.128. The van der Waals surface area contributed by atoms with Gasteiger partial charge in [0.25, 0.3) is 0 Å². The third-order valence-corrected chi connectivity index (χ3v) is 3.97. The van der Waals surface area contributed by atoms with Crippen molar-refractivity contribution in [3.8, 4) is 0 Å². The minimum absolute atomic E-state index is 0. The third-order valence-electron chi connectivity index (χ3n) is 3.97. The number of likely N-dealkylation sites (tertiary alicyclic amines) is 1. The minimum Gasteiger partial charge on any atom is -0.450 e. The van der Waals surface area contributed by atoms with Crippen molar-refractivity contribution in [3.05, 3.63) is 0 Å². The first kappa shape index (κ1) is 23.7. The Morgan fingerprint density at radius 1 is 1.28 bits per heavy atom. The van der Waals surface area contributed by atoms with Crippen molar-refractivity contribution in [2.45, 2.75) is 46.6 Å². The highest BCUT2D eigenvalue weighted by Gasteiger charge is 2.27. The third kappa shape index (κ3) is 8.10. The minimum atomic E-state index is -0.602. The number of nitrogens with two attached hydrogens (primary N) is 1. The van der Waals surface area contributed by atoms with Crippen LogP contribution in [0.2, 0.25) is 0 Å². The number of aliphatic imine (C=N–C) groups is 1. The normalized spacial score (nSPS) is 16.0. The summed E-state index contributed by atoms with van der Waals surface area (Å²) in [6, 6.07) is 0.173. The van der Waals surface area contributed by atoms with Gasteiger partial charge in [-0.3, -0.25) is 9.79 Å². The van der Waals surface area contributed by atoms with Crippen LogP contribution in [0.3, 0.4) is 0 Å². The van der Waals surface area contributed by atoms with Crippen molar-refractivity contribution in [2.75, 3.05) is 32.8 Å². The Labute approximate surface area is 167 Å². The molecule has 1 aliphatic rings. The smallest absolute Gasteiger partial charge is 0.409 e. The first-order chi connectivity index (χ1) is 11.3. The van der Waals surface area contributed by atoms with E-state index < -0.39 is 5.41 Å². The van der Waals surface area contributed by atoms with Gasteiger partial charge in [0.15, 0.2) is 5.96 Å². The van der Waals surface area contributed by atoms with Crippen molar-refractivity contribution in [2.24, 2.45) is 16.1 Å². The van der Waals surface area contributed by atoms with E-state index in [1.54, 1.807) is 11.8 Å². The first-order valence-corrected chi connectivity index (χ1v) is 8.56. The van der Waals surface area contributed by atoms with Crippen LogP contribution in [-0.2, 0) is 9.53 Å². The molecule has 0 saturated carbocycles. The number of nitrogens with one attached hydrogen (secondary N) is 2. The molecule has 0 spiro atoms. The van der Waals surface area contributed by atoms with Crippen molar-refractivity contribution in [1.29, 1.82) is 0 Å². The van der Waals surface area contributed by atoms with Crippen LogP contribution in [0, 0.1) is 5.41 Å². The summed E-state index contributed by atoms with van der Waals surface area (Å²) in [5.74, 6) is 0.297.